The lowest BCUT2D eigenvalue weighted by molar-refractivity contribution is 0.660. The summed E-state index contributed by atoms with van der Waals surface area (Å²) in [5, 5.41) is 4.47. The maximum Gasteiger partial charge on any atom is 0.143 e. The zero-order valence-corrected chi connectivity index (χ0v) is 35.7. The summed E-state index contributed by atoms with van der Waals surface area (Å²) in [5.74, 6) is 0. The van der Waals surface area contributed by atoms with Crippen LogP contribution in [0.2, 0.25) is 0 Å². The number of fused-ring (bicyclic) bond motifs is 11. The quantitative estimate of drug-likeness (QED) is 0.166. The van der Waals surface area contributed by atoms with Gasteiger partial charge in [0.2, 0.25) is 0 Å². The standard InChI is InChI=1S/C62H43NO/c1-61(2)51-29-14-12-27-48(51)58-47(28-17-31-54(58)61)46-26-13-16-32-55(46)63(56-33-18-34-57-59(56)49-37-35-40-19-9-10-24-44(40)60(49)64-57)43-36-38-53-50(39-43)45-25-11-15-30-52(45)62(53,41-20-5-3-6-21-41)42-22-7-4-8-23-42/h3-39H,1-2H3. The van der Waals surface area contributed by atoms with Crippen molar-refractivity contribution in [2.45, 2.75) is 24.7 Å². The maximum atomic E-state index is 6.88. The third-order valence-corrected chi connectivity index (χ3v) is 14.3. The van der Waals surface area contributed by atoms with E-state index in [4.69, 9.17) is 4.42 Å². The molecule has 11 aromatic rings. The lowest BCUT2D eigenvalue weighted by atomic mass is 9.68. The van der Waals surface area contributed by atoms with Crippen LogP contribution in [-0.2, 0) is 10.8 Å². The van der Waals surface area contributed by atoms with Crippen LogP contribution in [0.25, 0.3) is 66.1 Å². The first kappa shape index (κ1) is 36.7. The lowest BCUT2D eigenvalue weighted by Crippen LogP contribution is -2.28. The molecule has 0 N–H and O–H groups in total. The summed E-state index contributed by atoms with van der Waals surface area (Å²) in [7, 11) is 0. The van der Waals surface area contributed by atoms with Gasteiger partial charge in [0, 0.05) is 27.4 Å². The number of rotatable bonds is 6. The average molecular weight is 818 g/mol. The molecule has 0 atom stereocenters. The summed E-state index contributed by atoms with van der Waals surface area (Å²) < 4.78 is 6.88. The van der Waals surface area contributed by atoms with Gasteiger partial charge < -0.3 is 9.32 Å². The predicted octanol–water partition coefficient (Wildman–Crippen LogP) is 16.5. The Bertz CT molecular complexity index is 3610. The highest BCUT2D eigenvalue weighted by molar-refractivity contribution is 6.20. The van der Waals surface area contributed by atoms with Crippen LogP contribution < -0.4 is 4.90 Å². The summed E-state index contributed by atoms with van der Waals surface area (Å²) >= 11 is 0. The molecule has 13 rings (SSSR count). The van der Waals surface area contributed by atoms with Gasteiger partial charge in [-0.2, -0.15) is 0 Å². The predicted molar refractivity (Wildman–Crippen MR) is 266 cm³/mol. The van der Waals surface area contributed by atoms with Gasteiger partial charge in [-0.3, -0.25) is 0 Å². The third kappa shape index (κ3) is 5.02. The van der Waals surface area contributed by atoms with Crippen LogP contribution in [-0.4, -0.2) is 0 Å². The average Bonchev–Trinajstić information content (AvgIpc) is 3.97. The molecular weight excluding hydrogens is 775 g/mol. The van der Waals surface area contributed by atoms with Crippen molar-refractivity contribution in [3.63, 3.8) is 0 Å². The Morgan fingerprint density at radius 3 is 1.78 bits per heavy atom. The van der Waals surface area contributed by atoms with Crippen molar-refractivity contribution in [2.75, 3.05) is 4.90 Å². The summed E-state index contributed by atoms with van der Waals surface area (Å²) in [4.78, 5) is 2.50. The van der Waals surface area contributed by atoms with Crippen molar-refractivity contribution < 1.29 is 4.42 Å². The van der Waals surface area contributed by atoms with Crippen LogP contribution in [0.3, 0.4) is 0 Å². The fourth-order valence-electron chi connectivity index (χ4n) is 11.6. The Labute approximate surface area is 373 Å². The maximum absolute atomic E-state index is 6.88. The van der Waals surface area contributed by atoms with E-state index >= 15 is 0 Å². The Kier molecular flexibility index (Phi) is 7.90. The molecule has 10 aromatic carbocycles. The molecule has 1 heterocycles. The smallest absolute Gasteiger partial charge is 0.143 e. The normalized spacial score (nSPS) is 14.0. The van der Waals surface area contributed by atoms with Crippen molar-refractivity contribution in [1.29, 1.82) is 0 Å². The molecule has 64 heavy (non-hydrogen) atoms. The highest BCUT2D eigenvalue weighted by Crippen LogP contribution is 2.59. The third-order valence-electron chi connectivity index (χ3n) is 14.3. The highest BCUT2D eigenvalue weighted by Gasteiger charge is 2.46. The first-order chi connectivity index (χ1) is 31.5. The van der Waals surface area contributed by atoms with Gasteiger partial charge in [-0.15, -0.1) is 0 Å². The number of benzene rings is 10. The van der Waals surface area contributed by atoms with Gasteiger partial charge in [0.15, 0.2) is 0 Å². The first-order valence-electron chi connectivity index (χ1n) is 22.3. The van der Waals surface area contributed by atoms with Crippen LogP contribution in [0, 0.1) is 0 Å². The number of para-hydroxylation sites is 1. The van der Waals surface area contributed by atoms with Gasteiger partial charge >= 0.3 is 0 Å². The number of hydrogen-bond donors (Lipinski definition) is 0. The van der Waals surface area contributed by atoms with E-state index < -0.39 is 5.41 Å². The molecule has 2 nitrogen and oxygen atoms in total. The number of anilines is 3. The van der Waals surface area contributed by atoms with E-state index in [0.717, 1.165) is 49.8 Å². The van der Waals surface area contributed by atoms with Crippen molar-refractivity contribution in [3.8, 4) is 33.4 Å². The van der Waals surface area contributed by atoms with E-state index in [2.05, 4.69) is 243 Å². The minimum Gasteiger partial charge on any atom is -0.455 e. The van der Waals surface area contributed by atoms with Crippen molar-refractivity contribution in [3.05, 3.63) is 258 Å². The van der Waals surface area contributed by atoms with Gasteiger partial charge in [0.1, 0.15) is 11.2 Å². The Balaban J connectivity index is 1.12. The van der Waals surface area contributed by atoms with Gasteiger partial charge in [0.25, 0.3) is 0 Å². The molecule has 0 aliphatic heterocycles. The number of hydrogen-bond acceptors (Lipinski definition) is 2. The van der Waals surface area contributed by atoms with E-state index in [1.807, 2.05) is 0 Å². The van der Waals surface area contributed by atoms with E-state index in [1.54, 1.807) is 0 Å². The summed E-state index contributed by atoms with van der Waals surface area (Å²) in [6, 6.07) is 82.7. The molecule has 1 aromatic heterocycles. The van der Waals surface area contributed by atoms with Gasteiger partial charge in [-0.05, 0) is 103 Å². The Hall–Kier alpha value is -7.94. The molecule has 0 bridgehead atoms. The molecule has 2 heteroatoms. The van der Waals surface area contributed by atoms with Crippen molar-refractivity contribution in [2.24, 2.45) is 0 Å². The molecule has 0 saturated carbocycles. The molecule has 0 saturated heterocycles. The highest BCUT2D eigenvalue weighted by atomic mass is 16.3. The molecule has 0 fully saturated rings. The molecule has 0 radical (unpaired) electrons. The monoisotopic (exact) mass is 817 g/mol. The minimum atomic E-state index is -0.498. The second-order valence-corrected chi connectivity index (χ2v) is 17.9. The second kappa shape index (κ2) is 13.8. The van der Waals surface area contributed by atoms with E-state index in [9.17, 15) is 0 Å². The Morgan fingerprint density at radius 2 is 0.984 bits per heavy atom. The number of nitrogens with zero attached hydrogens (tertiary/aromatic N) is 1. The lowest BCUT2D eigenvalue weighted by Gasteiger charge is -2.34. The van der Waals surface area contributed by atoms with E-state index in [1.165, 1.54) is 66.8 Å². The van der Waals surface area contributed by atoms with E-state index in [-0.39, 0.29) is 5.41 Å². The van der Waals surface area contributed by atoms with Crippen LogP contribution in [0.5, 0.6) is 0 Å². The zero-order chi connectivity index (χ0) is 42.6. The fourth-order valence-corrected chi connectivity index (χ4v) is 11.6. The van der Waals surface area contributed by atoms with Crippen molar-refractivity contribution >= 4 is 49.8 Å². The molecule has 0 unspecified atom stereocenters. The minimum absolute atomic E-state index is 0.127. The largest absolute Gasteiger partial charge is 0.455 e. The van der Waals surface area contributed by atoms with Crippen LogP contribution >= 0.6 is 0 Å². The molecule has 2 aliphatic carbocycles. The fraction of sp³-hybridized carbons (Fsp3) is 0.0645. The molecule has 302 valence electrons. The van der Waals surface area contributed by atoms with E-state index in [0.29, 0.717) is 0 Å². The van der Waals surface area contributed by atoms with Crippen molar-refractivity contribution in [1.82, 2.24) is 0 Å². The molecule has 0 spiro atoms. The van der Waals surface area contributed by atoms with Crippen LogP contribution in [0.1, 0.15) is 47.2 Å². The van der Waals surface area contributed by atoms with Crippen LogP contribution in [0.4, 0.5) is 17.1 Å². The first-order valence-corrected chi connectivity index (χ1v) is 22.3. The summed E-state index contributed by atoms with van der Waals surface area (Å²) in [6.07, 6.45) is 0. The molecular formula is C62H43NO. The van der Waals surface area contributed by atoms with Gasteiger partial charge in [-0.1, -0.05) is 202 Å². The second-order valence-electron chi connectivity index (χ2n) is 17.9. The summed E-state index contributed by atoms with van der Waals surface area (Å²) in [5.41, 5.74) is 19.7. The molecule has 0 amide bonds. The van der Waals surface area contributed by atoms with Gasteiger partial charge in [0.05, 0.1) is 22.2 Å². The SMILES string of the molecule is CC1(C)c2ccccc2-c2c(-c3ccccc3N(c3ccc4c(c3)-c3ccccc3C4(c3ccccc3)c3ccccc3)c3cccc4oc5c6ccccc6ccc5c34)cccc21. The topological polar surface area (TPSA) is 16.4 Å². The number of furan rings is 1. The zero-order valence-electron chi connectivity index (χ0n) is 35.7. The Morgan fingerprint density at radius 1 is 0.391 bits per heavy atom. The summed E-state index contributed by atoms with van der Waals surface area (Å²) in [6.45, 7) is 4.72. The molecule has 2 aliphatic rings. The van der Waals surface area contributed by atoms with Crippen LogP contribution in [0.15, 0.2) is 229 Å². The van der Waals surface area contributed by atoms with Gasteiger partial charge in [-0.25, -0.2) is 0 Å².